The highest BCUT2D eigenvalue weighted by Gasteiger charge is 2.22. The summed E-state index contributed by atoms with van der Waals surface area (Å²) in [5, 5.41) is 12.2. The number of para-hydroxylation sites is 2. The lowest BCUT2D eigenvalue weighted by atomic mass is 10.1. The highest BCUT2D eigenvalue weighted by Crippen LogP contribution is 2.38. The third kappa shape index (κ3) is 2.32. The van der Waals surface area contributed by atoms with Gasteiger partial charge in [-0.05, 0) is 25.1 Å². The molecule has 1 N–H and O–H groups in total. The van der Waals surface area contributed by atoms with Gasteiger partial charge in [0.15, 0.2) is 11.4 Å². The number of hydrogen-bond donors (Lipinski definition) is 1. The van der Waals surface area contributed by atoms with Crippen LogP contribution in [0.25, 0.3) is 27.5 Å². The molecule has 2 aromatic heterocycles. The third-order valence-electron chi connectivity index (χ3n) is 4.17. The number of rotatable bonds is 3. The second-order valence-electron chi connectivity index (χ2n) is 5.62. The van der Waals surface area contributed by atoms with Crippen molar-refractivity contribution in [2.24, 2.45) is 0 Å². The first kappa shape index (κ1) is 15.2. The molecule has 0 fully saturated rings. The van der Waals surface area contributed by atoms with E-state index < -0.39 is 5.97 Å². The molecule has 4 rings (SSSR count). The zero-order chi connectivity index (χ0) is 17.4. The molecule has 2 heterocycles. The zero-order valence-corrected chi connectivity index (χ0v) is 13.6. The van der Waals surface area contributed by atoms with Crippen LogP contribution in [0.3, 0.4) is 0 Å². The predicted molar refractivity (Wildman–Crippen MR) is 96.2 cm³/mol. The van der Waals surface area contributed by atoms with Crippen molar-refractivity contribution in [3.63, 3.8) is 0 Å². The van der Waals surface area contributed by atoms with Gasteiger partial charge in [-0.1, -0.05) is 36.4 Å². The van der Waals surface area contributed by atoms with Gasteiger partial charge in [0.05, 0.1) is 29.2 Å². The topological polar surface area (TPSA) is 64.3 Å². The average molecular weight is 332 g/mol. The van der Waals surface area contributed by atoms with E-state index in [9.17, 15) is 9.90 Å². The van der Waals surface area contributed by atoms with E-state index in [-0.39, 0.29) is 18.1 Å². The fourth-order valence-corrected chi connectivity index (χ4v) is 3.14. The molecule has 0 saturated carbocycles. The molecule has 0 amide bonds. The number of benzene rings is 2. The van der Waals surface area contributed by atoms with Crippen LogP contribution >= 0.6 is 0 Å². The molecule has 0 saturated heterocycles. The first-order valence-electron chi connectivity index (χ1n) is 8.06. The van der Waals surface area contributed by atoms with E-state index in [4.69, 9.17) is 4.74 Å². The molecule has 0 radical (unpaired) electrons. The molecule has 4 aromatic rings. The summed E-state index contributed by atoms with van der Waals surface area (Å²) in [6.45, 7) is 1.94. The number of aromatic hydroxyl groups is 1. The number of esters is 1. The third-order valence-corrected chi connectivity index (χ3v) is 4.17. The van der Waals surface area contributed by atoms with Crippen LogP contribution in [0.4, 0.5) is 0 Å². The minimum atomic E-state index is -0.626. The van der Waals surface area contributed by atoms with E-state index in [0.717, 1.165) is 22.1 Å². The Hall–Kier alpha value is -3.34. The Labute approximate surface area is 144 Å². The van der Waals surface area contributed by atoms with Gasteiger partial charge < -0.3 is 14.4 Å². The van der Waals surface area contributed by atoms with Crippen molar-refractivity contribution < 1.29 is 14.6 Å². The van der Waals surface area contributed by atoms with Gasteiger partial charge in [-0.3, -0.25) is 0 Å². The molecule has 25 heavy (non-hydrogen) atoms. The molecule has 0 atom stereocenters. The molecule has 0 spiro atoms. The Kier molecular flexibility index (Phi) is 3.61. The van der Waals surface area contributed by atoms with Crippen LogP contribution < -0.4 is 0 Å². The largest absolute Gasteiger partial charge is 0.505 e. The number of carbonyl (C=O) groups is 1. The molecule has 0 aliphatic heterocycles. The van der Waals surface area contributed by atoms with E-state index in [2.05, 4.69) is 4.98 Å². The Bertz CT molecular complexity index is 1080. The van der Waals surface area contributed by atoms with Crippen LogP contribution in [-0.4, -0.2) is 27.2 Å². The SMILES string of the molecule is CCOC(=O)c1ncc2c(c1O)c1ccccc1n2-c1ccccc1. The number of ether oxygens (including phenoxy) is 1. The van der Waals surface area contributed by atoms with Gasteiger partial charge in [0.2, 0.25) is 0 Å². The highest BCUT2D eigenvalue weighted by molar-refractivity contribution is 6.14. The van der Waals surface area contributed by atoms with Gasteiger partial charge in [0.1, 0.15) is 0 Å². The smallest absolute Gasteiger partial charge is 0.360 e. The number of carbonyl (C=O) groups excluding carboxylic acids is 1. The molecule has 2 aromatic carbocycles. The van der Waals surface area contributed by atoms with Gasteiger partial charge >= 0.3 is 5.97 Å². The monoisotopic (exact) mass is 332 g/mol. The average Bonchev–Trinajstić information content (AvgIpc) is 2.98. The van der Waals surface area contributed by atoms with Crippen LogP contribution in [0, 0.1) is 0 Å². The lowest BCUT2D eigenvalue weighted by Crippen LogP contribution is -2.07. The summed E-state index contributed by atoms with van der Waals surface area (Å²) in [5.41, 5.74) is 2.56. The van der Waals surface area contributed by atoms with Crippen molar-refractivity contribution in [3.8, 4) is 11.4 Å². The minimum absolute atomic E-state index is 0.0645. The molecule has 0 aliphatic rings. The summed E-state index contributed by atoms with van der Waals surface area (Å²) in [6, 6.07) is 17.6. The van der Waals surface area contributed by atoms with E-state index in [1.165, 1.54) is 0 Å². The van der Waals surface area contributed by atoms with Crippen molar-refractivity contribution in [2.45, 2.75) is 6.92 Å². The standard InChI is InChI=1S/C20H16N2O3/c1-2-25-20(24)18-19(23)17-14-10-6-7-11-15(14)22(16(17)12-21-18)13-8-4-3-5-9-13/h3-12,23H,2H2,1H3. The van der Waals surface area contributed by atoms with Crippen LogP contribution in [0.2, 0.25) is 0 Å². The normalized spacial score (nSPS) is 11.1. The van der Waals surface area contributed by atoms with Crippen LogP contribution in [0.1, 0.15) is 17.4 Å². The van der Waals surface area contributed by atoms with E-state index in [1.54, 1.807) is 13.1 Å². The fraction of sp³-hybridized carbons (Fsp3) is 0.100. The first-order chi connectivity index (χ1) is 12.2. The maximum absolute atomic E-state index is 12.1. The lowest BCUT2D eigenvalue weighted by Gasteiger charge is -2.08. The van der Waals surface area contributed by atoms with Gasteiger partial charge in [-0.2, -0.15) is 0 Å². The summed E-state index contributed by atoms with van der Waals surface area (Å²) in [5.74, 6) is -0.778. The predicted octanol–water partition coefficient (Wildman–Crippen LogP) is 4.06. The molecule has 124 valence electrons. The van der Waals surface area contributed by atoms with Crippen molar-refractivity contribution in [1.82, 2.24) is 9.55 Å². The quantitative estimate of drug-likeness (QED) is 0.575. The molecule has 0 aliphatic carbocycles. The zero-order valence-electron chi connectivity index (χ0n) is 13.6. The van der Waals surface area contributed by atoms with Crippen molar-refractivity contribution >= 4 is 27.8 Å². The maximum atomic E-state index is 12.1. The van der Waals surface area contributed by atoms with Gasteiger partial charge in [-0.15, -0.1) is 0 Å². The molecule has 5 heteroatoms. The number of fused-ring (bicyclic) bond motifs is 3. The van der Waals surface area contributed by atoms with E-state index in [1.807, 2.05) is 59.2 Å². The summed E-state index contributed by atoms with van der Waals surface area (Å²) < 4.78 is 7.01. The van der Waals surface area contributed by atoms with Crippen molar-refractivity contribution in [3.05, 3.63) is 66.5 Å². The number of nitrogens with zero attached hydrogens (tertiary/aromatic N) is 2. The number of pyridine rings is 1. The Morgan fingerprint density at radius 2 is 1.80 bits per heavy atom. The van der Waals surface area contributed by atoms with Crippen molar-refractivity contribution in [1.29, 1.82) is 0 Å². The molecular weight excluding hydrogens is 316 g/mol. The van der Waals surface area contributed by atoms with E-state index >= 15 is 0 Å². The summed E-state index contributed by atoms with van der Waals surface area (Å²) in [4.78, 5) is 16.2. The van der Waals surface area contributed by atoms with Crippen LogP contribution in [0.15, 0.2) is 60.8 Å². The molecule has 0 unspecified atom stereocenters. The van der Waals surface area contributed by atoms with E-state index in [0.29, 0.717) is 5.39 Å². The maximum Gasteiger partial charge on any atom is 0.360 e. The Morgan fingerprint density at radius 3 is 2.56 bits per heavy atom. The number of aromatic nitrogens is 2. The highest BCUT2D eigenvalue weighted by atomic mass is 16.5. The fourth-order valence-electron chi connectivity index (χ4n) is 3.14. The molecule has 0 bridgehead atoms. The second kappa shape index (κ2) is 5.94. The Balaban J connectivity index is 2.10. The summed E-state index contributed by atoms with van der Waals surface area (Å²) >= 11 is 0. The van der Waals surface area contributed by atoms with Gasteiger partial charge in [-0.25, -0.2) is 9.78 Å². The Morgan fingerprint density at radius 1 is 1.08 bits per heavy atom. The second-order valence-corrected chi connectivity index (χ2v) is 5.62. The minimum Gasteiger partial charge on any atom is -0.505 e. The van der Waals surface area contributed by atoms with Gasteiger partial charge in [0.25, 0.3) is 0 Å². The number of hydrogen-bond acceptors (Lipinski definition) is 4. The van der Waals surface area contributed by atoms with Crippen molar-refractivity contribution in [2.75, 3.05) is 6.61 Å². The molecule has 5 nitrogen and oxygen atoms in total. The summed E-state index contributed by atoms with van der Waals surface area (Å²) in [6.07, 6.45) is 1.61. The summed E-state index contributed by atoms with van der Waals surface area (Å²) in [7, 11) is 0. The lowest BCUT2D eigenvalue weighted by molar-refractivity contribution is 0.0516. The molecular formula is C20H16N2O3. The van der Waals surface area contributed by atoms with Crippen LogP contribution in [0.5, 0.6) is 5.75 Å². The van der Waals surface area contributed by atoms with Gasteiger partial charge in [0, 0.05) is 11.1 Å². The first-order valence-corrected chi connectivity index (χ1v) is 8.06. The van der Waals surface area contributed by atoms with Crippen LogP contribution in [-0.2, 0) is 4.74 Å².